The number of hydrogen-bond acceptors (Lipinski definition) is 14. The number of fused-ring (bicyclic) bond motifs is 3. The van der Waals surface area contributed by atoms with Crippen molar-refractivity contribution < 1.29 is 14.3 Å². The summed E-state index contributed by atoms with van der Waals surface area (Å²) in [4.78, 5) is 41.3. The Morgan fingerprint density at radius 3 is 2.57 bits per heavy atom. The fraction of sp³-hybridized carbons (Fsp3) is 0.500. The second-order valence-electron chi connectivity index (χ2n) is 18.2. The third-order valence-corrected chi connectivity index (χ3v) is 14.2. The van der Waals surface area contributed by atoms with Crippen LogP contribution >= 0.6 is 0 Å². The second-order valence-corrected chi connectivity index (χ2v) is 18.2. The number of aromatic nitrogens is 7. The summed E-state index contributed by atoms with van der Waals surface area (Å²) < 4.78 is 9.23. The Morgan fingerprint density at radius 2 is 1.86 bits per heavy atom. The van der Waals surface area contributed by atoms with Crippen molar-refractivity contribution >= 4 is 40.0 Å². The van der Waals surface area contributed by atoms with Crippen molar-refractivity contribution in [3.63, 3.8) is 0 Å². The number of nitrogens with zero attached hydrogens (tertiary/aromatic N) is 12. The van der Waals surface area contributed by atoms with Gasteiger partial charge in [0.1, 0.15) is 23.6 Å². The number of pyridine rings is 2. The Morgan fingerprint density at radius 1 is 1.05 bits per heavy atom. The summed E-state index contributed by atoms with van der Waals surface area (Å²) in [5, 5.41) is 40.2. The number of hydrogen-bond donors (Lipinski definition) is 2. The summed E-state index contributed by atoms with van der Waals surface area (Å²) in [6, 6.07) is 16.3. The van der Waals surface area contributed by atoms with Crippen LogP contribution in [0.2, 0.25) is 0 Å². The molecule has 324 valence electrons. The number of morpholine rings is 1. The van der Waals surface area contributed by atoms with Crippen LogP contribution in [0.1, 0.15) is 88.0 Å². The Labute approximate surface area is 366 Å². The average molecular weight is 849 g/mol. The van der Waals surface area contributed by atoms with Crippen molar-refractivity contribution in [1.82, 2.24) is 45.0 Å². The molecule has 0 radical (unpaired) electrons. The molecule has 4 aromatic heterocycles. The van der Waals surface area contributed by atoms with E-state index in [0.717, 1.165) is 81.5 Å². The van der Waals surface area contributed by atoms with E-state index in [-0.39, 0.29) is 24.0 Å². The molecule has 17 nitrogen and oxygen atoms in total. The molecule has 5 fully saturated rings. The summed E-state index contributed by atoms with van der Waals surface area (Å²) in [5.41, 5.74) is 4.87. The molecule has 2 N–H and O–H groups in total. The number of ether oxygens (including phenoxy) is 1. The van der Waals surface area contributed by atoms with E-state index in [4.69, 9.17) is 14.7 Å². The van der Waals surface area contributed by atoms with E-state index in [1.165, 1.54) is 12.1 Å². The van der Waals surface area contributed by atoms with Gasteiger partial charge in [0, 0.05) is 62.2 Å². The van der Waals surface area contributed by atoms with Gasteiger partial charge in [-0.25, -0.2) is 14.6 Å². The van der Waals surface area contributed by atoms with Crippen LogP contribution in [0.5, 0.6) is 0 Å². The molecular weight excluding hydrogens is 797 g/mol. The van der Waals surface area contributed by atoms with E-state index in [1.807, 2.05) is 37.4 Å². The fourth-order valence-corrected chi connectivity index (χ4v) is 10.2. The van der Waals surface area contributed by atoms with E-state index in [2.05, 4.69) is 65.0 Å². The lowest BCUT2D eigenvalue weighted by molar-refractivity contribution is -0.137. The Bertz CT molecular complexity index is 2610. The molecule has 10 rings (SSSR count). The number of amides is 2. The van der Waals surface area contributed by atoms with Crippen LogP contribution in [0.4, 0.5) is 17.2 Å². The van der Waals surface area contributed by atoms with Gasteiger partial charge < -0.3 is 19.9 Å². The van der Waals surface area contributed by atoms with Gasteiger partial charge in [0.05, 0.1) is 65.8 Å². The maximum absolute atomic E-state index is 12.6. The molecule has 4 aliphatic heterocycles. The number of nitrogens with one attached hydrogen (secondary N) is 2. The van der Waals surface area contributed by atoms with Gasteiger partial charge in [-0.3, -0.25) is 19.8 Å². The zero-order valence-electron chi connectivity index (χ0n) is 35.8. The van der Waals surface area contributed by atoms with Crippen LogP contribution in [0.15, 0.2) is 55.0 Å². The molecule has 0 unspecified atom stereocenters. The van der Waals surface area contributed by atoms with Crippen LogP contribution in [0.3, 0.4) is 0 Å². The lowest BCUT2D eigenvalue weighted by Gasteiger charge is -2.37. The Balaban J connectivity index is 0.752. The zero-order valence-corrected chi connectivity index (χ0v) is 35.8. The molecule has 8 heterocycles. The molecule has 17 heteroatoms. The first-order valence-corrected chi connectivity index (χ1v) is 22.3. The van der Waals surface area contributed by atoms with E-state index < -0.39 is 11.5 Å². The van der Waals surface area contributed by atoms with Crippen molar-refractivity contribution in [3.05, 3.63) is 71.8 Å². The standard InChI is InChI=1S/C46H52N14O3/c1-29(22-47)51-38-21-41(60-44-33(24-50-60)19-32(23-48)43(53-44)58-26-37-20-36(58)28-63-37)49-25-40(38)59-27-39(54-55-59)31-5-3-30(4-6-31)12-14-56-15-17-57(18-16-56)35-9-7-34(8-10-35)46(2)13-11-42(61)52-45(46)62/h7-10,19,21,24-25,27,29-31,36-37H,3-6,11-18,20,26,28H2,1-2H3,(H,49,51)(H,52,61,62)/t29-,30?,31?,36-,37-,46-/m1/s1. The predicted molar refractivity (Wildman–Crippen MR) is 235 cm³/mol. The number of piperidine rings is 1. The van der Waals surface area contributed by atoms with E-state index in [0.29, 0.717) is 72.1 Å². The molecule has 2 bridgehead atoms. The number of benzene rings is 1. The van der Waals surface area contributed by atoms with Crippen molar-refractivity contribution in [2.75, 3.05) is 61.0 Å². The third-order valence-electron chi connectivity index (χ3n) is 14.2. The molecule has 1 aliphatic carbocycles. The van der Waals surface area contributed by atoms with Crippen molar-refractivity contribution in [2.24, 2.45) is 5.92 Å². The van der Waals surface area contributed by atoms with Gasteiger partial charge in [0.25, 0.3) is 0 Å². The number of carbonyl (C=O) groups excluding carboxylic acids is 2. The lowest BCUT2D eigenvalue weighted by atomic mass is 9.75. The highest BCUT2D eigenvalue weighted by Crippen LogP contribution is 2.38. The largest absolute Gasteiger partial charge is 0.374 e. The number of nitriles is 2. The molecule has 5 aliphatic rings. The molecule has 2 amide bonds. The minimum atomic E-state index is -0.674. The van der Waals surface area contributed by atoms with E-state index in [9.17, 15) is 20.1 Å². The second kappa shape index (κ2) is 16.7. The summed E-state index contributed by atoms with van der Waals surface area (Å²) in [6.45, 7) is 10.2. The summed E-state index contributed by atoms with van der Waals surface area (Å²) in [7, 11) is 0. The topological polar surface area (TPSA) is 199 Å². The molecule has 0 spiro atoms. The fourth-order valence-electron chi connectivity index (χ4n) is 10.2. The number of carbonyl (C=O) groups is 2. The lowest BCUT2D eigenvalue weighted by Crippen LogP contribution is -2.49. The van der Waals surface area contributed by atoms with Gasteiger partial charge in [-0.15, -0.1) is 5.10 Å². The maximum Gasteiger partial charge on any atom is 0.236 e. The van der Waals surface area contributed by atoms with Gasteiger partial charge in [0.2, 0.25) is 11.8 Å². The molecule has 63 heavy (non-hydrogen) atoms. The van der Waals surface area contributed by atoms with E-state index in [1.54, 1.807) is 28.7 Å². The minimum absolute atomic E-state index is 0.157. The van der Waals surface area contributed by atoms with Crippen molar-refractivity contribution in [2.45, 2.75) is 94.7 Å². The summed E-state index contributed by atoms with van der Waals surface area (Å²) in [6.07, 6.45) is 13.1. The van der Waals surface area contributed by atoms with E-state index >= 15 is 0 Å². The van der Waals surface area contributed by atoms with Crippen LogP contribution in [0.25, 0.3) is 22.5 Å². The molecule has 1 aromatic carbocycles. The monoisotopic (exact) mass is 848 g/mol. The predicted octanol–water partition coefficient (Wildman–Crippen LogP) is 4.75. The molecule has 4 atom stereocenters. The quantitative estimate of drug-likeness (QED) is 0.173. The summed E-state index contributed by atoms with van der Waals surface area (Å²) >= 11 is 0. The van der Waals surface area contributed by atoms with Gasteiger partial charge in [-0.05, 0) is 95.0 Å². The SMILES string of the molecule is C[C@H](C#N)Nc1cc(-n2ncc3cc(C#N)c(N4C[C@H]5C[C@@H]4CO5)nc32)ncc1-n1cc(C2CCC(CCN3CCN(c4ccc([C@@]5(C)CCC(=O)NC5=O)cc4)CC3)CC2)nn1. The summed E-state index contributed by atoms with van der Waals surface area (Å²) in [5.74, 6) is 1.77. The highest BCUT2D eigenvalue weighted by molar-refractivity contribution is 6.03. The van der Waals surface area contributed by atoms with Crippen LogP contribution in [-0.2, 0) is 19.7 Å². The number of anilines is 3. The smallest absolute Gasteiger partial charge is 0.236 e. The van der Waals surface area contributed by atoms with Gasteiger partial charge >= 0.3 is 0 Å². The average Bonchev–Trinajstić information content (AvgIpc) is 4.16. The first-order chi connectivity index (χ1) is 30.6. The molecular formula is C46H52N14O3. The highest BCUT2D eigenvalue weighted by Gasteiger charge is 2.41. The number of rotatable bonds is 11. The van der Waals surface area contributed by atoms with Crippen LogP contribution in [0, 0.1) is 28.6 Å². The first-order valence-electron chi connectivity index (χ1n) is 22.3. The van der Waals surface area contributed by atoms with Crippen molar-refractivity contribution in [3.8, 4) is 23.6 Å². The Kier molecular flexibility index (Phi) is 10.8. The Hall–Kier alpha value is -6.43. The van der Waals surface area contributed by atoms with Gasteiger partial charge in [0.15, 0.2) is 11.5 Å². The van der Waals surface area contributed by atoms with Gasteiger partial charge in [-0.1, -0.05) is 17.3 Å². The molecule has 5 aromatic rings. The van der Waals surface area contributed by atoms with Crippen LogP contribution in [-0.4, -0.2) is 116 Å². The highest BCUT2D eigenvalue weighted by atomic mass is 16.5. The van der Waals surface area contributed by atoms with Crippen LogP contribution < -0.4 is 20.4 Å². The third kappa shape index (κ3) is 7.85. The molecule has 4 saturated heterocycles. The molecule has 1 saturated carbocycles. The minimum Gasteiger partial charge on any atom is -0.374 e. The number of imide groups is 1. The number of piperazine rings is 1. The first kappa shape index (κ1) is 40.6. The van der Waals surface area contributed by atoms with Gasteiger partial charge in [-0.2, -0.15) is 20.3 Å². The van der Waals surface area contributed by atoms with Crippen molar-refractivity contribution in [1.29, 1.82) is 10.5 Å². The maximum atomic E-state index is 12.6. The normalized spacial score (nSPS) is 25.5. The zero-order chi connectivity index (χ0) is 43.2.